The summed E-state index contributed by atoms with van der Waals surface area (Å²) in [5, 5.41) is 0.388. The Morgan fingerprint density at radius 2 is 1.91 bits per heavy atom. The zero-order chi connectivity index (χ0) is 17.2. The van der Waals surface area contributed by atoms with Crippen molar-refractivity contribution in [3.8, 4) is 5.75 Å². The zero-order valence-corrected chi connectivity index (χ0v) is 13.1. The molecule has 0 aliphatic carbocycles. The van der Waals surface area contributed by atoms with E-state index in [1.165, 1.54) is 19.0 Å². The Kier molecular flexibility index (Phi) is 4.77. The normalized spacial score (nSPS) is 11.6. The van der Waals surface area contributed by atoms with Crippen molar-refractivity contribution in [1.82, 2.24) is 4.98 Å². The van der Waals surface area contributed by atoms with Gasteiger partial charge >= 0.3 is 6.18 Å². The van der Waals surface area contributed by atoms with E-state index in [4.69, 9.17) is 4.74 Å². The molecule has 0 atom stereocenters. The van der Waals surface area contributed by atoms with E-state index in [0.29, 0.717) is 17.3 Å². The van der Waals surface area contributed by atoms with Gasteiger partial charge in [-0.2, -0.15) is 13.2 Å². The highest BCUT2D eigenvalue weighted by atomic mass is 19.4. The van der Waals surface area contributed by atoms with Gasteiger partial charge in [-0.3, -0.25) is 4.79 Å². The quantitative estimate of drug-likeness (QED) is 0.783. The number of hydrogen-bond acceptors (Lipinski definition) is 4. The maximum Gasteiger partial charge on any atom is 0.455 e. The van der Waals surface area contributed by atoms with E-state index in [9.17, 15) is 18.0 Å². The highest BCUT2D eigenvalue weighted by Crippen LogP contribution is 2.38. The topological polar surface area (TPSA) is 42.4 Å². The Morgan fingerprint density at radius 3 is 2.48 bits per heavy atom. The molecule has 1 aromatic carbocycles. The smallest absolute Gasteiger partial charge is 0.455 e. The lowest BCUT2D eigenvalue weighted by atomic mass is 10.1. The van der Waals surface area contributed by atoms with Crippen LogP contribution in [-0.2, 0) is 0 Å². The third-order valence-corrected chi connectivity index (χ3v) is 3.18. The molecule has 1 aromatic heterocycles. The molecule has 2 aromatic rings. The molecule has 124 valence electrons. The molecule has 0 unspecified atom stereocenters. The van der Waals surface area contributed by atoms with E-state index in [1.54, 1.807) is 24.3 Å². The molecule has 0 radical (unpaired) electrons. The predicted octanol–water partition coefficient (Wildman–Crippen LogP) is 3.83. The van der Waals surface area contributed by atoms with Crippen LogP contribution in [0.2, 0.25) is 0 Å². The van der Waals surface area contributed by atoms with Crippen LogP contribution in [0.1, 0.15) is 23.7 Å². The number of rotatable bonds is 5. The van der Waals surface area contributed by atoms with Crippen molar-refractivity contribution in [2.75, 3.05) is 25.6 Å². The van der Waals surface area contributed by atoms with Gasteiger partial charge in [0.2, 0.25) is 0 Å². The number of halogens is 3. The van der Waals surface area contributed by atoms with E-state index >= 15 is 0 Å². The third-order valence-electron chi connectivity index (χ3n) is 3.18. The lowest BCUT2D eigenvalue weighted by Gasteiger charge is -2.21. The van der Waals surface area contributed by atoms with Crippen molar-refractivity contribution in [3.05, 3.63) is 29.8 Å². The number of ether oxygens (including phenoxy) is 1. The second-order valence-electron chi connectivity index (χ2n) is 5.23. The van der Waals surface area contributed by atoms with Gasteiger partial charge in [0.25, 0.3) is 5.78 Å². The van der Waals surface area contributed by atoms with Gasteiger partial charge in [0, 0.05) is 19.5 Å². The number of pyridine rings is 1. The van der Waals surface area contributed by atoms with Gasteiger partial charge in [0.15, 0.2) is 0 Å². The van der Waals surface area contributed by atoms with Crippen LogP contribution in [0.25, 0.3) is 10.9 Å². The Hall–Kier alpha value is -2.31. The first-order valence-corrected chi connectivity index (χ1v) is 7.11. The van der Waals surface area contributed by atoms with Crippen LogP contribution < -0.4 is 9.64 Å². The lowest BCUT2D eigenvalue weighted by molar-refractivity contribution is -0.0886. The molecular weight excluding hydrogens is 309 g/mol. The minimum absolute atomic E-state index is 0.0582. The molecular formula is C16H17F3N2O2. The monoisotopic (exact) mass is 326 g/mol. The van der Waals surface area contributed by atoms with Crippen molar-refractivity contribution < 1.29 is 22.7 Å². The number of para-hydroxylation sites is 1. The SMILES string of the molecule is CCCOc1c(C(=O)C(F)(F)F)c(N(C)C)nc2ccccc12. The zero-order valence-electron chi connectivity index (χ0n) is 13.1. The first-order chi connectivity index (χ1) is 10.8. The summed E-state index contributed by atoms with van der Waals surface area (Å²) in [5.74, 6) is -2.08. The molecule has 0 saturated carbocycles. The van der Waals surface area contributed by atoms with Crippen LogP contribution in [0.5, 0.6) is 5.75 Å². The number of carbonyl (C=O) groups excluding carboxylic acids is 1. The van der Waals surface area contributed by atoms with Gasteiger partial charge in [-0.1, -0.05) is 19.1 Å². The van der Waals surface area contributed by atoms with Crippen LogP contribution in [-0.4, -0.2) is 37.6 Å². The predicted molar refractivity (Wildman–Crippen MR) is 82.2 cm³/mol. The summed E-state index contributed by atoms with van der Waals surface area (Å²) in [6, 6.07) is 6.66. The summed E-state index contributed by atoms with van der Waals surface area (Å²) in [6.07, 6.45) is -4.40. The van der Waals surface area contributed by atoms with Gasteiger partial charge < -0.3 is 9.64 Å². The minimum atomic E-state index is -5.00. The van der Waals surface area contributed by atoms with Crippen LogP contribution in [0.4, 0.5) is 19.0 Å². The number of alkyl halides is 3. The van der Waals surface area contributed by atoms with E-state index in [0.717, 1.165) is 0 Å². The van der Waals surface area contributed by atoms with Gasteiger partial charge in [0.1, 0.15) is 17.1 Å². The Balaban J connectivity index is 2.83. The molecule has 0 bridgehead atoms. The third kappa shape index (κ3) is 3.38. The van der Waals surface area contributed by atoms with Gasteiger partial charge in [-0.15, -0.1) is 0 Å². The molecule has 7 heteroatoms. The summed E-state index contributed by atoms with van der Waals surface area (Å²) in [6.45, 7) is 2.04. The molecule has 0 saturated heterocycles. The average Bonchev–Trinajstić information content (AvgIpc) is 2.49. The van der Waals surface area contributed by atoms with Crippen molar-refractivity contribution in [1.29, 1.82) is 0 Å². The highest BCUT2D eigenvalue weighted by Gasteiger charge is 2.43. The number of anilines is 1. The van der Waals surface area contributed by atoms with E-state index < -0.39 is 17.5 Å². The van der Waals surface area contributed by atoms with Crippen LogP contribution in [0, 0.1) is 0 Å². The number of fused-ring (bicyclic) bond motifs is 1. The second kappa shape index (κ2) is 6.44. The van der Waals surface area contributed by atoms with Crippen molar-refractivity contribution in [2.24, 2.45) is 0 Å². The Morgan fingerprint density at radius 1 is 1.26 bits per heavy atom. The molecule has 0 spiro atoms. The van der Waals surface area contributed by atoms with Crippen LogP contribution in [0.15, 0.2) is 24.3 Å². The summed E-state index contributed by atoms with van der Waals surface area (Å²) in [4.78, 5) is 17.5. The van der Waals surface area contributed by atoms with E-state index in [-0.39, 0.29) is 18.2 Å². The molecule has 23 heavy (non-hydrogen) atoms. The maximum atomic E-state index is 13.0. The first kappa shape index (κ1) is 17.1. The fourth-order valence-electron chi connectivity index (χ4n) is 2.19. The number of Topliss-reactive ketones (excluding diaryl/α,β-unsaturated/α-hetero) is 1. The van der Waals surface area contributed by atoms with Crippen molar-refractivity contribution in [2.45, 2.75) is 19.5 Å². The van der Waals surface area contributed by atoms with Gasteiger partial charge in [0.05, 0.1) is 12.1 Å². The summed E-state index contributed by atoms with van der Waals surface area (Å²) in [7, 11) is 3.07. The summed E-state index contributed by atoms with van der Waals surface area (Å²) in [5.41, 5.74) is -0.0734. The largest absolute Gasteiger partial charge is 0.492 e. The average molecular weight is 326 g/mol. The molecule has 0 aliphatic rings. The van der Waals surface area contributed by atoms with E-state index in [2.05, 4.69) is 4.98 Å². The highest BCUT2D eigenvalue weighted by molar-refractivity contribution is 6.10. The molecule has 0 aliphatic heterocycles. The Labute approximate surface area is 131 Å². The lowest BCUT2D eigenvalue weighted by Crippen LogP contribution is -2.27. The van der Waals surface area contributed by atoms with E-state index in [1.807, 2.05) is 6.92 Å². The molecule has 0 N–H and O–H groups in total. The minimum Gasteiger partial charge on any atom is -0.492 e. The number of aromatic nitrogens is 1. The molecule has 0 amide bonds. The van der Waals surface area contributed by atoms with Crippen LogP contribution in [0.3, 0.4) is 0 Å². The fourth-order valence-corrected chi connectivity index (χ4v) is 2.19. The second-order valence-corrected chi connectivity index (χ2v) is 5.23. The standard InChI is InChI=1S/C16H17F3N2O2/c1-4-9-23-13-10-7-5-6-8-11(10)20-15(21(2)3)12(13)14(22)16(17,18)19/h5-8H,4,9H2,1-3H3. The molecule has 4 nitrogen and oxygen atoms in total. The van der Waals surface area contributed by atoms with Gasteiger partial charge in [-0.25, -0.2) is 4.98 Å². The van der Waals surface area contributed by atoms with Crippen molar-refractivity contribution >= 4 is 22.5 Å². The summed E-state index contributed by atoms with van der Waals surface area (Å²) >= 11 is 0. The number of carbonyl (C=O) groups is 1. The maximum absolute atomic E-state index is 13.0. The number of ketones is 1. The molecule has 1 heterocycles. The van der Waals surface area contributed by atoms with Gasteiger partial charge in [-0.05, 0) is 18.6 Å². The number of benzene rings is 1. The molecule has 2 rings (SSSR count). The van der Waals surface area contributed by atoms with Crippen molar-refractivity contribution in [3.63, 3.8) is 0 Å². The first-order valence-electron chi connectivity index (χ1n) is 7.11. The number of nitrogens with zero attached hydrogens (tertiary/aromatic N) is 2. The Bertz CT molecular complexity index is 727. The summed E-state index contributed by atoms with van der Waals surface area (Å²) < 4.78 is 44.6. The van der Waals surface area contributed by atoms with Crippen LogP contribution >= 0.6 is 0 Å². The number of hydrogen-bond donors (Lipinski definition) is 0. The molecule has 0 fully saturated rings. The fraction of sp³-hybridized carbons (Fsp3) is 0.375.